The number of halogens is 1. The van der Waals surface area contributed by atoms with Crippen molar-refractivity contribution in [1.82, 2.24) is 16.0 Å². The second-order valence-electron chi connectivity index (χ2n) is 5.07. The summed E-state index contributed by atoms with van der Waals surface area (Å²) in [6, 6.07) is 0. The Morgan fingerprint density at radius 3 is 2.22 bits per heavy atom. The first-order chi connectivity index (χ1) is 7.88. The van der Waals surface area contributed by atoms with Gasteiger partial charge < -0.3 is 20.7 Å². The van der Waals surface area contributed by atoms with Crippen molar-refractivity contribution in [3.8, 4) is 0 Å². The van der Waals surface area contributed by atoms with E-state index in [9.17, 15) is 9.59 Å². The molecule has 0 aromatic rings. The van der Waals surface area contributed by atoms with E-state index in [0.717, 1.165) is 13.1 Å². The van der Waals surface area contributed by atoms with E-state index in [2.05, 4.69) is 16.0 Å². The van der Waals surface area contributed by atoms with Crippen LogP contribution in [0.1, 0.15) is 20.8 Å². The number of ether oxygens (including phenoxy) is 1. The number of hydrogen-bond acceptors (Lipinski definition) is 4. The number of alkyl carbamates (subject to hydrolysis) is 1. The molecule has 106 valence electrons. The molecule has 1 aliphatic rings. The molecule has 1 rings (SSSR count). The Morgan fingerprint density at radius 2 is 1.78 bits per heavy atom. The SMILES string of the molecule is CC(C)(C)OC(=O)NCCNC(=O)C1CNC1.Cl. The summed E-state index contributed by atoms with van der Waals surface area (Å²) in [5.74, 6) is 0.117. The molecule has 18 heavy (non-hydrogen) atoms. The van der Waals surface area contributed by atoms with Crippen LogP contribution in [-0.2, 0) is 9.53 Å². The lowest BCUT2D eigenvalue weighted by Gasteiger charge is -2.25. The third kappa shape index (κ3) is 6.66. The van der Waals surface area contributed by atoms with Crippen LogP contribution in [0.3, 0.4) is 0 Å². The second-order valence-corrected chi connectivity index (χ2v) is 5.07. The minimum absolute atomic E-state index is 0. The van der Waals surface area contributed by atoms with E-state index in [-0.39, 0.29) is 24.2 Å². The van der Waals surface area contributed by atoms with Crippen LogP contribution >= 0.6 is 12.4 Å². The molecule has 0 aromatic carbocycles. The van der Waals surface area contributed by atoms with Gasteiger partial charge in [0, 0.05) is 26.2 Å². The molecule has 1 heterocycles. The lowest BCUT2D eigenvalue weighted by molar-refractivity contribution is -0.126. The van der Waals surface area contributed by atoms with Crippen LogP contribution in [-0.4, -0.2) is 43.8 Å². The van der Waals surface area contributed by atoms with Crippen molar-refractivity contribution in [2.24, 2.45) is 5.92 Å². The Labute approximate surface area is 114 Å². The van der Waals surface area contributed by atoms with E-state index in [0.29, 0.717) is 13.1 Å². The number of hydrogen-bond donors (Lipinski definition) is 3. The average molecular weight is 280 g/mol. The highest BCUT2D eigenvalue weighted by Crippen LogP contribution is 2.06. The Bertz CT molecular complexity index is 288. The molecule has 2 amide bonds. The molecular weight excluding hydrogens is 258 g/mol. The highest BCUT2D eigenvalue weighted by atomic mass is 35.5. The first-order valence-corrected chi connectivity index (χ1v) is 5.84. The minimum Gasteiger partial charge on any atom is -0.444 e. The number of amides is 2. The quantitative estimate of drug-likeness (QED) is 0.646. The van der Waals surface area contributed by atoms with Crippen molar-refractivity contribution in [2.45, 2.75) is 26.4 Å². The smallest absolute Gasteiger partial charge is 0.407 e. The lowest BCUT2D eigenvalue weighted by Crippen LogP contribution is -2.51. The monoisotopic (exact) mass is 279 g/mol. The van der Waals surface area contributed by atoms with Crippen LogP contribution < -0.4 is 16.0 Å². The fraction of sp³-hybridized carbons (Fsp3) is 0.818. The molecule has 3 N–H and O–H groups in total. The second kappa shape index (κ2) is 7.43. The van der Waals surface area contributed by atoms with Crippen molar-refractivity contribution in [3.05, 3.63) is 0 Å². The summed E-state index contributed by atoms with van der Waals surface area (Å²) >= 11 is 0. The van der Waals surface area contributed by atoms with Gasteiger partial charge in [-0.1, -0.05) is 0 Å². The van der Waals surface area contributed by atoms with Crippen LogP contribution in [0.15, 0.2) is 0 Å². The minimum atomic E-state index is -0.495. The Kier molecular flexibility index (Phi) is 7.01. The Morgan fingerprint density at radius 1 is 1.22 bits per heavy atom. The largest absolute Gasteiger partial charge is 0.444 e. The molecule has 1 saturated heterocycles. The van der Waals surface area contributed by atoms with E-state index in [1.807, 2.05) is 0 Å². The summed E-state index contributed by atoms with van der Waals surface area (Å²) in [5, 5.41) is 8.36. The van der Waals surface area contributed by atoms with Crippen LogP contribution in [0.5, 0.6) is 0 Å². The Hall–Kier alpha value is -1.01. The highest BCUT2D eigenvalue weighted by molar-refractivity contribution is 5.85. The van der Waals surface area contributed by atoms with Crippen LogP contribution in [0.25, 0.3) is 0 Å². The normalized spacial score (nSPS) is 15.1. The zero-order chi connectivity index (χ0) is 12.9. The van der Waals surface area contributed by atoms with Crippen molar-refractivity contribution in [2.75, 3.05) is 26.2 Å². The number of nitrogens with one attached hydrogen (secondary N) is 3. The first-order valence-electron chi connectivity index (χ1n) is 5.84. The van der Waals surface area contributed by atoms with Gasteiger partial charge in [-0.2, -0.15) is 0 Å². The molecule has 0 saturated carbocycles. The number of carbonyl (C=O) groups excluding carboxylic acids is 2. The molecule has 0 unspecified atom stereocenters. The van der Waals surface area contributed by atoms with Crippen molar-refractivity contribution < 1.29 is 14.3 Å². The summed E-state index contributed by atoms with van der Waals surface area (Å²) in [4.78, 5) is 22.7. The molecule has 1 fully saturated rings. The summed E-state index contributed by atoms with van der Waals surface area (Å²) in [6.45, 7) is 7.69. The molecule has 0 aliphatic carbocycles. The summed E-state index contributed by atoms with van der Waals surface area (Å²) < 4.78 is 5.05. The maximum absolute atomic E-state index is 11.4. The van der Waals surface area contributed by atoms with E-state index in [1.54, 1.807) is 20.8 Å². The van der Waals surface area contributed by atoms with Gasteiger partial charge in [-0.05, 0) is 20.8 Å². The summed E-state index contributed by atoms with van der Waals surface area (Å²) in [6.07, 6.45) is -0.461. The highest BCUT2D eigenvalue weighted by Gasteiger charge is 2.24. The summed E-state index contributed by atoms with van der Waals surface area (Å²) in [7, 11) is 0. The molecule has 6 nitrogen and oxygen atoms in total. The predicted molar refractivity (Wildman–Crippen MR) is 70.9 cm³/mol. The fourth-order valence-corrected chi connectivity index (χ4v) is 1.28. The van der Waals surface area contributed by atoms with Gasteiger partial charge in [0.1, 0.15) is 5.60 Å². The van der Waals surface area contributed by atoms with Gasteiger partial charge in [-0.15, -0.1) is 12.4 Å². The van der Waals surface area contributed by atoms with Crippen molar-refractivity contribution in [1.29, 1.82) is 0 Å². The fourth-order valence-electron chi connectivity index (χ4n) is 1.28. The molecular formula is C11H22ClN3O3. The maximum Gasteiger partial charge on any atom is 0.407 e. The van der Waals surface area contributed by atoms with Gasteiger partial charge in [0.2, 0.25) is 5.91 Å². The molecule has 0 radical (unpaired) electrons. The Balaban J connectivity index is 0.00000289. The summed E-state index contributed by atoms with van der Waals surface area (Å²) in [5.41, 5.74) is -0.495. The van der Waals surface area contributed by atoms with E-state index < -0.39 is 11.7 Å². The van der Waals surface area contributed by atoms with Crippen LogP contribution in [0.2, 0.25) is 0 Å². The van der Waals surface area contributed by atoms with E-state index in [1.165, 1.54) is 0 Å². The number of rotatable bonds is 4. The lowest BCUT2D eigenvalue weighted by atomic mass is 10.0. The van der Waals surface area contributed by atoms with Crippen molar-refractivity contribution in [3.63, 3.8) is 0 Å². The van der Waals surface area contributed by atoms with E-state index in [4.69, 9.17) is 4.74 Å². The van der Waals surface area contributed by atoms with Gasteiger partial charge in [-0.25, -0.2) is 4.79 Å². The molecule has 0 bridgehead atoms. The topological polar surface area (TPSA) is 79.5 Å². The molecule has 1 aliphatic heterocycles. The third-order valence-corrected chi connectivity index (χ3v) is 2.24. The predicted octanol–water partition coefficient (Wildman–Crippen LogP) is 0.269. The van der Waals surface area contributed by atoms with E-state index >= 15 is 0 Å². The van der Waals surface area contributed by atoms with Gasteiger partial charge in [0.25, 0.3) is 0 Å². The van der Waals surface area contributed by atoms with Gasteiger partial charge in [-0.3, -0.25) is 4.79 Å². The van der Waals surface area contributed by atoms with Gasteiger partial charge in [0.15, 0.2) is 0 Å². The van der Waals surface area contributed by atoms with Gasteiger partial charge in [0.05, 0.1) is 5.92 Å². The molecule has 0 atom stereocenters. The standard InChI is InChI=1S/C11H21N3O3.ClH/c1-11(2,3)17-10(16)14-5-4-13-9(15)8-6-12-7-8;/h8,12H,4-7H2,1-3H3,(H,13,15)(H,14,16);1H. The van der Waals surface area contributed by atoms with Crippen LogP contribution in [0.4, 0.5) is 4.79 Å². The third-order valence-electron chi connectivity index (χ3n) is 2.24. The van der Waals surface area contributed by atoms with Crippen molar-refractivity contribution >= 4 is 24.4 Å². The van der Waals surface area contributed by atoms with Crippen LogP contribution in [0, 0.1) is 5.92 Å². The molecule has 0 spiro atoms. The van der Waals surface area contributed by atoms with Gasteiger partial charge >= 0.3 is 6.09 Å². The number of carbonyl (C=O) groups is 2. The zero-order valence-corrected chi connectivity index (χ0v) is 11.9. The maximum atomic E-state index is 11.4. The zero-order valence-electron chi connectivity index (χ0n) is 11.0. The first kappa shape index (κ1) is 17.0. The average Bonchev–Trinajstić information content (AvgIpc) is 2.06. The molecule has 0 aromatic heterocycles. The molecule has 7 heteroatoms.